The first-order valence-electron chi connectivity index (χ1n) is 15.2. The Hall–Kier alpha value is -3.86. The van der Waals surface area contributed by atoms with Gasteiger partial charge in [-0.25, -0.2) is 0 Å². The third-order valence-electron chi connectivity index (χ3n) is 8.43. The van der Waals surface area contributed by atoms with E-state index in [-0.39, 0.29) is 29.8 Å². The molecule has 0 radical (unpaired) electrons. The summed E-state index contributed by atoms with van der Waals surface area (Å²) in [4.78, 5) is 30.3. The monoisotopic (exact) mass is 549 g/mol. The van der Waals surface area contributed by atoms with E-state index in [1.165, 1.54) is 0 Å². The summed E-state index contributed by atoms with van der Waals surface area (Å²) < 4.78 is 2.23. The van der Waals surface area contributed by atoms with Gasteiger partial charge in [-0.15, -0.1) is 0 Å². The Labute approximate surface area is 244 Å². The quantitative estimate of drug-likeness (QED) is 0.193. The summed E-state index contributed by atoms with van der Waals surface area (Å²) >= 11 is 0. The molecule has 4 aromatic rings. The molecular weight excluding hydrogens is 506 g/mol. The number of nitrogens with zero attached hydrogens (tertiary/aromatic N) is 2. The summed E-state index contributed by atoms with van der Waals surface area (Å²) in [5.74, 6) is 0.103. The number of nitrogens with one attached hydrogen (secondary N) is 1. The maximum atomic E-state index is 14.3. The molecule has 3 unspecified atom stereocenters. The standard InChI is InChI=1S/C36H43N3O2/c1-6-7-9-16-25(4)37-35(40)31(23-24(2)3)39-34(27-19-12-13-20-28(27)36(39)41)32-29-21-14-15-22-30(29)38(5)33(32)26-17-10-8-11-18-26/h8,10-15,17-22,24-25,31,34H,6-7,9,16,23H2,1-5H3,(H,37,40). The molecule has 5 heteroatoms. The topological polar surface area (TPSA) is 54.3 Å². The molecule has 1 aliphatic rings. The smallest absolute Gasteiger partial charge is 0.255 e. The fraction of sp³-hybridized carbons (Fsp3) is 0.389. The molecule has 0 fully saturated rings. The van der Waals surface area contributed by atoms with Crippen molar-refractivity contribution in [2.45, 2.75) is 77.9 Å². The normalized spacial score (nSPS) is 16.3. The Bertz CT molecular complexity index is 1520. The summed E-state index contributed by atoms with van der Waals surface area (Å²) in [5, 5.41) is 4.39. The van der Waals surface area contributed by atoms with Gasteiger partial charge >= 0.3 is 0 Å². The highest BCUT2D eigenvalue weighted by Gasteiger charge is 2.46. The molecule has 0 saturated carbocycles. The molecule has 214 valence electrons. The molecular formula is C36H43N3O2. The van der Waals surface area contributed by atoms with Crippen LogP contribution in [0.4, 0.5) is 0 Å². The first-order valence-corrected chi connectivity index (χ1v) is 15.2. The van der Waals surface area contributed by atoms with Crippen LogP contribution in [0.25, 0.3) is 22.2 Å². The SMILES string of the molecule is CCCCCC(C)NC(=O)C(CC(C)C)N1C(=O)c2ccccc2C1c1c(-c2ccccc2)n(C)c2ccccc12. The molecule has 0 aliphatic carbocycles. The third-order valence-corrected chi connectivity index (χ3v) is 8.43. The minimum Gasteiger partial charge on any atom is -0.352 e. The van der Waals surface area contributed by atoms with E-state index in [1.54, 1.807) is 0 Å². The molecule has 2 amide bonds. The van der Waals surface area contributed by atoms with Crippen LogP contribution in [-0.4, -0.2) is 33.4 Å². The number of para-hydroxylation sites is 1. The van der Waals surface area contributed by atoms with Gasteiger partial charge in [-0.3, -0.25) is 9.59 Å². The van der Waals surface area contributed by atoms with Crippen molar-refractivity contribution in [3.8, 4) is 11.3 Å². The predicted molar refractivity (Wildman–Crippen MR) is 168 cm³/mol. The second kappa shape index (κ2) is 12.3. The molecule has 2 heterocycles. The largest absolute Gasteiger partial charge is 0.352 e. The number of hydrogen-bond donors (Lipinski definition) is 1. The van der Waals surface area contributed by atoms with Crippen molar-refractivity contribution in [3.63, 3.8) is 0 Å². The van der Waals surface area contributed by atoms with Crippen molar-refractivity contribution in [3.05, 3.63) is 95.6 Å². The van der Waals surface area contributed by atoms with Crippen LogP contribution in [0.1, 0.15) is 87.3 Å². The highest BCUT2D eigenvalue weighted by atomic mass is 16.2. The number of hydrogen-bond acceptors (Lipinski definition) is 2. The van der Waals surface area contributed by atoms with Crippen LogP contribution in [0.2, 0.25) is 0 Å². The summed E-state index contributed by atoms with van der Waals surface area (Å²) in [6, 6.07) is 25.8. The Morgan fingerprint density at radius 1 is 0.902 bits per heavy atom. The highest BCUT2D eigenvalue weighted by Crippen LogP contribution is 2.47. The van der Waals surface area contributed by atoms with E-state index in [1.807, 2.05) is 29.2 Å². The van der Waals surface area contributed by atoms with Crippen LogP contribution < -0.4 is 5.32 Å². The number of fused-ring (bicyclic) bond motifs is 2. The van der Waals surface area contributed by atoms with Gasteiger partial charge in [-0.05, 0) is 48.9 Å². The average molecular weight is 550 g/mol. The van der Waals surface area contributed by atoms with Gasteiger partial charge in [0.25, 0.3) is 5.91 Å². The lowest BCUT2D eigenvalue weighted by Crippen LogP contribution is -2.51. The number of aryl methyl sites for hydroxylation is 1. The van der Waals surface area contributed by atoms with E-state index >= 15 is 0 Å². The van der Waals surface area contributed by atoms with Crippen LogP contribution in [-0.2, 0) is 11.8 Å². The lowest BCUT2D eigenvalue weighted by atomic mass is 9.91. The molecule has 41 heavy (non-hydrogen) atoms. The Kier molecular flexibility index (Phi) is 8.63. The fourth-order valence-corrected chi connectivity index (χ4v) is 6.50. The summed E-state index contributed by atoms with van der Waals surface area (Å²) in [7, 11) is 2.09. The maximum absolute atomic E-state index is 14.3. The van der Waals surface area contributed by atoms with Crippen molar-refractivity contribution < 1.29 is 9.59 Å². The van der Waals surface area contributed by atoms with Crippen LogP contribution in [0, 0.1) is 5.92 Å². The van der Waals surface area contributed by atoms with Gasteiger partial charge in [0.15, 0.2) is 0 Å². The van der Waals surface area contributed by atoms with Gasteiger partial charge in [0, 0.05) is 35.1 Å². The molecule has 0 spiro atoms. The molecule has 3 aromatic carbocycles. The van der Waals surface area contributed by atoms with Gasteiger partial charge in [0.1, 0.15) is 6.04 Å². The van der Waals surface area contributed by atoms with E-state index in [9.17, 15) is 9.59 Å². The summed E-state index contributed by atoms with van der Waals surface area (Å²) in [6.45, 7) is 8.52. The number of rotatable bonds is 11. The zero-order valence-electron chi connectivity index (χ0n) is 25.1. The number of aromatic nitrogens is 1. The molecule has 1 N–H and O–H groups in total. The Morgan fingerprint density at radius 2 is 1.59 bits per heavy atom. The maximum Gasteiger partial charge on any atom is 0.255 e. The van der Waals surface area contributed by atoms with Gasteiger partial charge in [-0.1, -0.05) is 107 Å². The van der Waals surface area contributed by atoms with Gasteiger partial charge in [-0.2, -0.15) is 0 Å². The number of unbranched alkanes of at least 4 members (excludes halogenated alkanes) is 2. The van der Waals surface area contributed by atoms with Gasteiger partial charge < -0.3 is 14.8 Å². The summed E-state index contributed by atoms with van der Waals surface area (Å²) in [5.41, 5.74) is 5.98. The third kappa shape index (κ3) is 5.55. The molecule has 5 rings (SSSR count). The molecule has 3 atom stereocenters. The van der Waals surface area contributed by atoms with E-state index in [0.29, 0.717) is 12.0 Å². The molecule has 1 aliphatic heterocycles. The second-order valence-electron chi connectivity index (χ2n) is 12.0. The minimum atomic E-state index is -0.587. The molecule has 0 bridgehead atoms. The lowest BCUT2D eigenvalue weighted by Gasteiger charge is -2.35. The highest BCUT2D eigenvalue weighted by molar-refractivity contribution is 6.04. The fourth-order valence-electron chi connectivity index (χ4n) is 6.50. The second-order valence-corrected chi connectivity index (χ2v) is 12.0. The van der Waals surface area contributed by atoms with Crippen molar-refractivity contribution in [1.29, 1.82) is 0 Å². The zero-order chi connectivity index (χ0) is 29.1. The van der Waals surface area contributed by atoms with Crippen LogP contribution in [0.15, 0.2) is 78.9 Å². The molecule has 1 aromatic heterocycles. The lowest BCUT2D eigenvalue weighted by molar-refractivity contribution is -0.127. The average Bonchev–Trinajstić information content (AvgIpc) is 3.42. The molecule has 5 nitrogen and oxygen atoms in total. The van der Waals surface area contributed by atoms with E-state index in [4.69, 9.17) is 0 Å². The minimum absolute atomic E-state index is 0.0553. The van der Waals surface area contributed by atoms with Crippen LogP contribution in [0.5, 0.6) is 0 Å². The van der Waals surface area contributed by atoms with Gasteiger partial charge in [0.2, 0.25) is 5.91 Å². The number of carbonyl (C=O) groups excluding carboxylic acids is 2. The summed E-state index contributed by atoms with van der Waals surface area (Å²) in [6.07, 6.45) is 4.91. The van der Waals surface area contributed by atoms with Crippen LogP contribution in [0.3, 0.4) is 0 Å². The Morgan fingerprint density at radius 3 is 2.32 bits per heavy atom. The number of benzene rings is 3. The van der Waals surface area contributed by atoms with Crippen molar-refractivity contribution in [2.75, 3.05) is 0 Å². The first-order chi connectivity index (χ1) is 19.8. The van der Waals surface area contributed by atoms with E-state index in [2.05, 4.69) is 99.2 Å². The van der Waals surface area contributed by atoms with Gasteiger partial charge in [0.05, 0.1) is 11.7 Å². The van der Waals surface area contributed by atoms with E-state index < -0.39 is 6.04 Å². The zero-order valence-corrected chi connectivity index (χ0v) is 25.1. The van der Waals surface area contributed by atoms with E-state index in [0.717, 1.165) is 59.0 Å². The van der Waals surface area contributed by atoms with Crippen molar-refractivity contribution in [2.24, 2.45) is 13.0 Å². The first kappa shape index (κ1) is 28.7. The molecule has 0 saturated heterocycles. The Balaban J connectivity index is 1.68. The van der Waals surface area contributed by atoms with Crippen molar-refractivity contribution >= 4 is 22.7 Å². The van der Waals surface area contributed by atoms with Crippen LogP contribution >= 0.6 is 0 Å². The number of carbonyl (C=O) groups is 2. The predicted octanol–water partition coefficient (Wildman–Crippen LogP) is 7.89. The van der Waals surface area contributed by atoms with Crippen molar-refractivity contribution in [1.82, 2.24) is 14.8 Å². The number of amides is 2.